The Kier molecular flexibility index (Phi) is 7.15. The SMILES string of the molecule is CC(OC(=O)NC(Cc1ccccc1)C1C=C(Cc2ccccc2)NO1)c1cccnc1. The molecule has 0 aliphatic carbocycles. The van der Waals surface area contributed by atoms with E-state index in [2.05, 4.69) is 27.9 Å². The summed E-state index contributed by atoms with van der Waals surface area (Å²) in [6.07, 6.45) is 5.54. The first-order valence-corrected chi connectivity index (χ1v) is 10.7. The van der Waals surface area contributed by atoms with Crippen LogP contribution in [-0.4, -0.2) is 23.2 Å². The summed E-state index contributed by atoms with van der Waals surface area (Å²) in [6.45, 7) is 1.83. The van der Waals surface area contributed by atoms with Gasteiger partial charge in [-0.15, -0.1) is 0 Å². The zero-order valence-corrected chi connectivity index (χ0v) is 18.0. The highest BCUT2D eigenvalue weighted by Gasteiger charge is 2.29. The molecule has 164 valence electrons. The van der Waals surface area contributed by atoms with Crippen molar-refractivity contribution >= 4 is 6.09 Å². The molecule has 0 fully saturated rings. The first kappa shape index (κ1) is 21.6. The van der Waals surface area contributed by atoms with Crippen molar-refractivity contribution < 1.29 is 14.4 Å². The van der Waals surface area contributed by atoms with Crippen LogP contribution in [0.1, 0.15) is 29.7 Å². The number of pyridine rings is 1. The van der Waals surface area contributed by atoms with Crippen molar-refractivity contribution in [1.29, 1.82) is 0 Å². The molecule has 2 N–H and O–H groups in total. The van der Waals surface area contributed by atoms with E-state index in [0.717, 1.165) is 23.2 Å². The molecule has 0 saturated heterocycles. The summed E-state index contributed by atoms with van der Waals surface area (Å²) >= 11 is 0. The number of nitrogens with zero attached hydrogens (tertiary/aromatic N) is 1. The van der Waals surface area contributed by atoms with Gasteiger partial charge in [-0.3, -0.25) is 15.3 Å². The Morgan fingerprint density at radius 2 is 1.78 bits per heavy atom. The van der Waals surface area contributed by atoms with Crippen LogP contribution in [0.2, 0.25) is 0 Å². The second-order valence-electron chi connectivity index (χ2n) is 7.81. The minimum Gasteiger partial charge on any atom is -0.442 e. The molecular formula is C26H27N3O3. The van der Waals surface area contributed by atoms with Gasteiger partial charge in [-0.05, 0) is 36.6 Å². The summed E-state index contributed by atoms with van der Waals surface area (Å²) in [7, 11) is 0. The topological polar surface area (TPSA) is 72.5 Å². The first-order valence-electron chi connectivity index (χ1n) is 10.7. The van der Waals surface area contributed by atoms with E-state index in [0.29, 0.717) is 6.42 Å². The van der Waals surface area contributed by atoms with Gasteiger partial charge < -0.3 is 10.1 Å². The molecule has 3 aromatic rings. The third-order valence-corrected chi connectivity index (χ3v) is 5.36. The number of alkyl carbamates (subject to hydrolysis) is 1. The van der Waals surface area contributed by atoms with Gasteiger partial charge in [0.25, 0.3) is 0 Å². The molecule has 3 atom stereocenters. The van der Waals surface area contributed by atoms with Crippen LogP contribution in [0, 0.1) is 0 Å². The predicted octanol–water partition coefficient (Wildman–Crippen LogP) is 4.51. The monoisotopic (exact) mass is 429 g/mol. The number of aromatic nitrogens is 1. The van der Waals surface area contributed by atoms with Crippen LogP contribution < -0.4 is 10.8 Å². The van der Waals surface area contributed by atoms with E-state index in [4.69, 9.17) is 9.57 Å². The molecule has 4 rings (SSSR count). The maximum Gasteiger partial charge on any atom is 0.408 e. The largest absolute Gasteiger partial charge is 0.442 e. The Bertz CT molecular complexity index is 1030. The molecule has 6 nitrogen and oxygen atoms in total. The molecule has 1 aromatic heterocycles. The third kappa shape index (κ3) is 5.95. The van der Waals surface area contributed by atoms with Gasteiger partial charge in [-0.2, -0.15) is 0 Å². The fraction of sp³-hybridized carbons (Fsp3) is 0.231. The van der Waals surface area contributed by atoms with Crippen LogP contribution in [0.25, 0.3) is 0 Å². The zero-order chi connectivity index (χ0) is 22.2. The summed E-state index contributed by atoms with van der Waals surface area (Å²) in [5.41, 5.74) is 7.12. The number of carbonyl (C=O) groups is 1. The number of nitrogens with one attached hydrogen (secondary N) is 2. The lowest BCUT2D eigenvalue weighted by Gasteiger charge is -2.23. The fourth-order valence-electron chi connectivity index (χ4n) is 3.67. The smallest absolute Gasteiger partial charge is 0.408 e. The summed E-state index contributed by atoms with van der Waals surface area (Å²) < 4.78 is 5.60. The van der Waals surface area contributed by atoms with E-state index in [9.17, 15) is 4.79 Å². The summed E-state index contributed by atoms with van der Waals surface area (Å²) in [5.74, 6) is 0. The van der Waals surface area contributed by atoms with Crippen LogP contribution in [-0.2, 0) is 22.4 Å². The molecule has 1 aliphatic heterocycles. The van der Waals surface area contributed by atoms with Crippen LogP contribution in [0.3, 0.4) is 0 Å². The normalized spacial score (nSPS) is 17.0. The molecule has 0 bridgehead atoms. The fourth-order valence-corrected chi connectivity index (χ4v) is 3.67. The van der Waals surface area contributed by atoms with E-state index in [1.165, 1.54) is 5.56 Å². The highest BCUT2D eigenvalue weighted by molar-refractivity contribution is 5.68. The van der Waals surface area contributed by atoms with Gasteiger partial charge in [0.05, 0.1) is 6.04 Å². The van der Waals surface area contributed by atoms with Crippen molar-refractivity contribution in [2.75, 3.05) is 0 Å². The van der Waals surface area contributed by atoms with Crippen molar-refractivity contribution in [3.8, 4) is 0 Å². The Morgan fingerprint density at radius 3 is 2.47 bits per heavy atom. The molecule has 1 amide bonds. The average Bonchev–Trinajstić information content (AvgIpc) is 3.29. The maximum atomic E-state index is 12.7. The Balaban J connectivity index is 1.44. The molecule has 6 heteroatoms. The van der Waals surface area contributed by atoms with Crippen molar-refractivity contribution in [2.24, 2.45) is 0 Å². The molecule has 3 unspecified atom stereocenters. The van der Waals surface area contributed by atoms with Crippen molar-refractivity contribution in [2.45, 2.75) is 38.0 Å². The second kappa shape index (κ2) is 10.6. The van der Waals surface area contributed by atoms with Gasteiger partial charge in [0, 0.05) is 30.1 Å². The van der Waals surface area contributed by atoms with E-state index in [-0.39, 0.29) is 12.1 Å². The lowest BCUT2D eigenvalue weighted by atomic mass is 10.00. The van der Waals surface area contributed by atoms with E-state index in [1.54, 1.807) is 12.4 Å². The van der Waals surface area contributed by atoms with Gasteiger partial charge >= 0.3 is 6.09 Å². The first-order chi connectivity index (χ1) is 15.7. The number of benzene rings is 2. The lowest BCUT2D eigenvalue weighted by molar-refractivity contribution is 0.0175. The maximum absolute atomic E-state index is 12.7. The summed E-state index contributed by atoms with van der Waals surface area (Å²) in [4.78, 5) is 22.6. The number of ether oxygens (including phenoxy) is 1. The van der Waals surface area contributed by atoms with Gasteiger partial charge in [0.2, 0.25) is 0 Å². The van der Waals surface area contributed by atoms with E-state index in [1.807, 2.05) is 73.7 Å². The lowest BCUT2D eigenvalue weighted by Crippen LogP contribution is -2.45. The number of carbonyl (C=O) groups excluding carboxylic acids is 1. The predicted molar refractivity (Wildman–Crippen MR) is 122 cm³/mol. The van der Waals surface area contributed by atoms with Gasteiger partial charge in [-0.25, -0.2) is 4.79 Å². The number of allylic oxidation sites excluding steroid dienone is 1. The number of hydrogen-bond acceptors (Lipinski definition) is 5. The summed E-state index contributed by atoms with van der Waals surface area (Å²) in [5, 5.41) is 3.00. The third-order valence-electron chi connectivity index (χ3n) is 5.36. The number of amides is 1. The average molecular weight is 430 g/mol. The molecule has 0 saturated carbocycles. The molecular weight excluding hydrogens is 402 g/mol. The van der Waals surface area contributed by atoms with Crippen LogP contribution >= 0.6 is 0 Å². The van der Waals surface area contributed by atoms with Gasteiger partial charge in [0.15, 0.2) is 0 Å². The quantitative estimate of drug-likeness (QED) is 0.551. The van der Waals surface area contributed by atoms with E-state index >= 15 is 0 Å². The second-order valence-corrected chi connectivity index (χ2v) is 7.81. The van der Waals surface area contributed by atoms with Crippen molar-refractivity contribution in [1.82, 2.24) is 15.8 Å². The molecule has 32 heavy (non-hydrogen) atoms. The molecule has 1 aliphatic rings. The number of hydrogen-bond donors (Lipinski definition) is 2. The standard InChI is InChI=1S/C26H27N3O3/c1-19(22-13-8-14-27-18-22)31-26(30)28-24(16-21-11-6-3-7-12-21)25-17-23(29-32-25)15-20-9-4-2-5-10-20/h2-14,17-19,24-25,29H,15-16H2,1H3,(H,28,30). The van der Waals surface area contributed by atoms with Crippen molar-refractivity contribution in [3.05, 3.63) is 114 Å². The van der Waals surface area contributed by atoms with E-state index < -0.39 is 12.2 Å². The Morgan fingerprint density at radius 1 is 1.06 bits per heavy atom. The Labute approximate surface area is 188 Å². The molecule has 2 aromatic carbocycles. The molecule has 2 heterocycles. The van der Waals surface area contributed by atoms with Crippen LogP contribution in [0.5, 0.6) is 0 Å². The number of hydroxylamine groups is 1. The van der Waals surface area contributed by atoms with Gasteiger partial charge in [0.1, 0.15) is 12.2 Å². The molecule has 0 spiro atoms. The minimum atomic E-state index is -0.490. The highest BCUT2D eigenvalue weighted by atomic mass is 16.7. The zero-order valence-electron chi connectivity index (χ0n) is 18.0. The van der Waals surface area contributed by atoms with Crippen LogP contribution in [0.4, 0.5) is 4.79 Å². The Hall–Kier alpha value is -3.64. The summed E-state index contributed by atoms with van der Waals surface area (Å²) in [6, 6.07) is 23.6. The molecule has 0 radical (unpaired) electrons. The highest BCUT2D eigenvalue weighted by Crippen LogP contribution is 2.19. The minimum absolute atomic E-state index is 0.299. The number of rotatable bonds is 8. The van der Waals surface area contributed by atoms with Gasteiger partial charge in [-0.1, -0.05) is 66.7 Å². The van der Waals surface area contributed by atoms with Crippen molar-refractivity contribution in [3.63, 3.8) is 0 Å². The van der Waals surface area contributed by atoms with Crippen LogP contribution in [0.15, 0.2) is 97.0 Å².